The Morgan fingerprint density at radius 1 is 1.12 bits per heavy atom. The van der Waals surface area contributed by atoms with E-state index in [9.17, 15) is 4.79 Å². The standard InChI is InChI=1S/C21H32N2O3/c1-17-14-22(15-18(2)26-17)11-8-19-9-12-23(13-10-19)21(24)25-16-20-6-4-3-5-7-20/h3-7,17-19H,8-16H2,1-2H3/t17-,18+. The molecule has 0 N–H and O–H groups in total. The molecule has 5 heteroatoms. The summed E-state index contributed by atoms with van der Waals surface area (Å²) in [5.74, 6) is 0.710. The summed E-state index contributed by atoms with van der Waals surface area (Å²) in [6.45, 7) is 9.50. The molecule has 2 saturated heterocycles. The fourth-order valence-electron chi connectivity index (χ4n) is 4.05. The van der Waals surface area contributed by atoms with Gasteiger partial charge in [0.15, 0.2) is 0 Å². The van der Waals surface area contributed by atoms with Gasteiger partial charge < -0.3 is 14.4 Å². The number of ether oxygens (including phenoxy) is 2. The molecule has 2 atom stereocenters. The van der Waals surface area contributed by atoms with E-state index in [1.54, 1.807) is 0 Å². The number of amides is 1. The Bertz CT molecular complexity index is 548. The minimum atomic E-state index is -0.178. The summed E-state index contributed by atoms with van der Waals surface area (Å²) in [5.41, 5.74) is 1.03. The molecule has 0 aromatic heterocycles. The summed E-state index contributed by atoms with van der Waals surface area (Å²) in [4.78, 5) is 16.6. The molecule has 2 aliphatic rings. The van der Waals surface area contributed by atoms with Crippen LogP contribution in [0.1, 0.15) is 38.7 Å². The highest BCUT2D eigenvalue weighted by Crippen LogP contribution is 2.22. The Morgan fingerprint density at radius 2 is 1.77 bits per heavy atom. The Balaban J connectivity index is 1.34. The molecule has 0 bridgehead atoms. The first-order valence-electron chi connectivity index (χ1n) is 9.93. The third kappa shape index (κ3) is 5.71. The topological polar surface area (TPSA) is 42.0 Å². The molecule has 2 heterocycles. The number of benzene rings is 1. The van der Waals surface area contributed by atoms with Crippen LogP contribution in [0.15, 0.2) is 30.3 Å². The number of carbonyl (C=O) groups is 1. The van der Waals surface area contributed by atoms with Crippen molar-refractivity contribution in [3.8, 4) is 0 Å². The van der Waals surface area contributed by atoms with Gasteiger partial charge in [-0.3, -0.25) is 4.90 Å². The number of rotatable bonds is 5. The molecule has 0 spiro atoms. The molecule has 2 fully saturated rings. The van der Waals surface area contributed by atoms with Crippen molar-refractivity contribution in [2.24, 2.45) is 5.92 Å². The smallest absolute Gasteiger partial charge is 0.410 e. The highest BCUT2D eigenvalue weighted by Gasteiger charge is 2.26. The van der Waals surface area contributed by atoms with Gasteiger partial charge >= 0.3 is 6.09 Å². The largest absolute Gasteiger partial charge is 0.445 e. The van der Waals surface area contributed by atoms with Crippen LogP contribution in [-0.2, 0) is 16.1 Å². The molecule has 1 aromatic rings. The van der Waals surface area contributed by atoms with Crippen molar-refractivity contribution in [2.45, 2.75) is 51.9 Å². The second-order valence-corrected chi connectivity index (χ2v) is 7.78. The molecule has 0 unspecified atom stereocenters. The number of hydrogen-bond acceptors (Lipinski definition) is 4. The predicted molar refractivity (Wildman–Crippen MR) is 102 cm³/mol. The first-order chi connectivity index (χ1) is 12.6. The van der Waals surface area contributed by atoms with Crippen molar-refractivity contribution in [3.05, 3.63) is 35.9 Å². The Hall–Kier alpha value is -1.59. The van der Waals surface area contributed by atoms with Crippen molar-refractivity contribution in [3.63, 3.8) is 0 Å². The van der Waals surface area contributed by atoms with E-state index in [0.29, 0.717) is 24.7 Å². The first kappa shape index (κ1) is 19.2. The van der Waals surface area contributed by atoms with Gasteiger partial charge in [0.25, 0.3) is 0 Å². The van der Waals surface area contributed by atoms with Crippen molar-refractivity contribution >= 4 is 6.09 Å². The number of likely N-dealkylation sites (tertiary alicyclic amines) is 1. The van der Waals surface area contributed by atoms with Crippen molar-refractivity contribution < 1.29 is 14.3 Å². The number of piperidine rings is 1. The molecule has 1 aromatic carbocycles. The zero-order valence-electron chi connectivity index (χ0n) is 16.1. The number of morpholine rings is 1. The zero-order chi connectivity index (χ0) is 18.4. The van der Waals surface area contributed by atoms with Gasteiger partial charge in [-0.2, -0.15) is 0 Å². The van der Waals surface area contributed by atoms with E-state index in [2.05, 4.69) is 18.7 Å². The van der Waals surface area contributed by atoms with Gasteiger partial charge in [-0.1, -0.05) is 30.3 Å². The van der Waals surface area contributed by atoms with Crippen LogP contribution in [0.4, 0.5) is 4.79 Å². The SMILES string of the molecule is C[C@@H]1CN(CCC2CCN(C(=O)OCc3ccccc3)CC2)C[C@H](C)O1. The van der Waals surface area contributed by atoms with Crippen LogP contribution in [-0.4, -0.2) is 60.8 Å². The van der Waals surface area contributed by atoms with Crippen LogP contribution in [0.3, 0.4) is 0 Å². The lowest BCUT2D eigenvalue weighted by atomic mass is 9.93. The minimum Gasteiger partial charge on any atom is -0.445 e. The fourth-order valence-corrected chi connectivity index (χ4v) is 4.05. The van der Waals surface area contributed by atoms with Crippen LogP contribution in [0.2, 0.25) is 0 Å². The van der Waals surface area contributed by atoms with Crippen molar-refractivity contribution in [2.75, 3.05) is 32.7 Å². The summed E-state index contributed by atoms with van der Waals surface area (Å²) in [6, 6.07) is 9.85. The summed E-state index contributed by atoms with van der Waals surface area (Å²) in [7, 11) is 0. The molecule has 5 nitrogen and oxygen atoms in total. The first-order valence-corrected chi connectivity index (χ1v) is 9.93. The molecular weight excluding hydrogens is 328 g/mol. The van der Waals surface area contributed by atoms with Gasteiger partial charge in [0.1, 0.15) is 6.61 Å². The van der Waals surface area contributed by atoms with Crippen LogP contribution >= 0.6 is 0 Å². The van der Waals surface area contributed by atoms with Gasteiger partial charge in [-0.25, -0.2) is 4.79 Å². The van der Waals surface area contributed by atoms with Crippen LogP contribution in [0.25, 0.3) is 0 Å². The fraction of sp³-hybridized carbons (Fsp3) is 0.667. The van der Waals surface area contributed by atoms with Gasteiger partial charge in [0.2, 0.25) is 0 Å². The second kappa shape index (κ2) is 9.38. The lowest BCUT2D eigenvalue weighted by Gasteiger charge is -2.37. The van der Waals surface area contributed by atoms with E-state index in [0.717, 1.165) is 51.1 Å². The third-order valence-corrected chi connectivity index (χ3v) is 5.43. The monoisotopic (exact) mass is 360 g/mol. The maximum atomic E-state index is 12.2. The van der Waals surface area contributed by atoms with Crippen LogP contribution in [0, 0.1) is 5.92 Å². The zero-order valence-corrected chi connectivity index (χ0v) is 16.1. The molecule has 0 radical (unpaired) electrons. The van der Waals surface area contributed by atoms with Gasteiger partial charge in [-0.05, 0) is 51.1 Å². The number of nitrogens with zero attached hydrogens (tertiary/aromatic N) is 2. The average molecular weight is 360 g/mol. The van der Waals surface area contributed by atoms with Gasteiger partial charge in [0, 0.05) is 26.2 Å². The van der Waals surface area contributed by atoms with Gasteiger partial charge in [0.05, 0.1) is 12.2 Å². The molecule has 2 aliphatic heterocycles. The maximum Gasteiger partial charge on any atom is 0.410 e. The summed E-state index contributed by atoms with van der Waals surface area (Å²) >= 11 is 0. The van der Waals surface area contributed by atoms with Crippen LogP contribution in [0.5, 0.6) is 0 Å². The van der Waals surface area contributed by atoms with E-state index >= 15 is 0 Å². The number of hydrogen-bond donors (Lipinski definition) is 0. The lowest BCUT2D eigenvalue weighted by molar-refractivity contribution is -0.0693. The van der Waals surface area contributed by atoms with Gasteiger partial charge in [-0.15, -0.1) is 0 Å². The molecule has 144 valence electrons. The highest BCUT2D eigenvalue weighted by molar-refractivity contribution is 5.67. The molecule has 0 saturated carbocycles. The van der Waals surface area contributed by atoms with E-state index in [-0.39, 0.29) is 6.09 Å². The normalized spacial score (nSPS) is 25.2. The van der Waals surface area contributed by atoms with E-state index in [4.69, 9.17) is 9.47 Å². The Morgan fingerprint density at radius 3 is 2.42 bits per heavy atom. The third-order valence-electron chi connectivity index (χ3n) is 5.43. The minimum absolute atomic E-state index is 0.178. The van der Waals surface area contributed by atoms with E-state index in [1.807, 2.05) is 35.2 Å². The highest BCUT2D eigenvalue weighted by atomic mass is 16.6. The summed E-state index contributed by atoms with van der Waals surface area (Å²) in [6.07, 6.45) is 3.86. The summed E-state index contributed by atoms with van der Waals surface area (Å²) in [5, 5.41) is 0. The van der Waals surface area contributed by atoms with E-state index in [1.165, 1.54) is 6.42 Å². The predicted octanol–water partition coefficient (Wildman–Crippen LogP) is 3.53. The molecule has 0 aliphatic carbocycles. The molecule has 26 heavy (non-hydrogen) atoms. The average Bonchev–Trinajstić information content (AvgIpc) is 2.65. The van der Waals surface area contributed by atoms with Crippen molar-refractivity contribution in [1.29, 1.82) is 0 Å². The molecule has 3 rings (SSSR count). The maximum absolute atomic E-state index is 12.2. The van der Waals surface area contributed by atoms with Crippen LogP contribution < -0.4 is 0 Å². The van der Waals surface area contributed by atoms with Crippen molar-refractivity contribution in [1.82, 2.24) is 9.80 Å². The number of carbonyl (C=O) groups excluding carboxylic acids is 1. The Kier molecular flexibility index (Phi) is 6.92. The summed E-state index contributed by atoms with van der Waals surface area (Å²) < 4.78 is 11.3. The quantitative estimate of drug-likeness (QED) is 0.805. The molecule has 1 amide bonds. The second-order valence-electron chi connectivity index (χ2n) is 7.78. The lowest BCUT2D eigenvalue weighted by Crippen LogP contribution is -2.46. The van der Waals surface area contributed by atoms with E-state index < -0.39 is 0 Å². The Labute approximate surface area is 157 Å². The molecular formula is C21H32N2O3.